The number of hydrogen-bond acceptors (Lipinski definition) is 4. The van der Waals surface area contributed by atoms with Gasteiger partial charge in [-0.15, -0.1) is 0 Å². The molecule has 2 atom stereocenters. The third-order valence-corrected chi connectivity index (χ3v) is 2.63. The van der Waals surface area contributed by atoms with E-state index in [1.165, 1.54) is 0 Å². The Hall–Kier alpha value is -1.78. The number of pyridine rings is 2. The molecule has 0 aromatic carbocycles. The second kappa shape index (κ2) is 5.52. The van der Waals surface area contributed by atoms with Crippen molar-refractivity contribution in [1.29, 1.82) is 0 Å². The third kappa shape index (κ3) is 3.09. The number of aliphatic hydroxyl groups excluding tert-OH is 2. The third-order valence-electron chi connectivity index (χ3n) is 2.63. The van der Waals surface area contributed by atoms with E-state index in [9.17, 15) is 10.2 Å². The minimum atomic E-state index is -0.693. The summed E-state index contributed by atoms with van der Waals surface area (Å²) in [6.45, 7) is 0. The predicted molar refractivity (Wildman–Crippen MR) is 63.0 cm³/mol. The lowest BCUT2D eigenvalue weighted by Gasteiger charge is -2.15. The van der Waals surface area contributed by atoms with Crippen molar-refractivity contribution in [2.45, 2.75) is 18.6 Å². The van der Waals surface area contributed by atoms with Crippen molar-refractivity contribution in [3.63, 3.8) is 0 Å². The molecular weight excluding hydrogens is 216 g/mol. The van der Waals surface area contributed by atoms with Gasteiger partial charge in [-0.3, -0.25) is 9.97 Å². The van der Waals surface area contributed by atoms with Gasteiger partial charge in [0.25, 0.3) is 0 Å². The first-order valence-electron chi connectivity index (χ1n) is 5.43. The van der Waals surface area contributed by atoms with E-state index in [0.29, 0.717) is 0 Å². The summed E-state index contributed by atoms with van der Waals surface area (Å²) in [5.74, 6) is 0. The van der Waals surface area contributed by atoms with E-state index in [1.807, 2.05) is 0 Å². The van der Waals surface area contributed by atoms with Crippen LogP contribution in [0, 0.1) is 0 Å². The van der Waals surface area contributed by atoms with Gasteiger partial charge in [-0.25, -0.2) is 0 Å². The van der Waals surface area contributed by atoms with Gasteiger partial charge < -0.3 is 10.2 Å². The smallest absolute Gasteiger partial charge is 0.0819 e. The molecule has 2 heterocycles. The largest absolute Gasteiger partial charge is 0.388 e. The van der Waals surface area contributed by atoms with Gasteiger partial charge in [-0.05, 0) is 35.4 Å². The summed E-state index contributed by atoms with van der Waals surface area (Å²) in [6.07, 6.45) is 5.36. The zero-order chi connectivity index (χ0) is 12.1. The van der Waals surface area contributed by atoms with Crippen molar-refractivity contribution in [2.75, 3.05) is 0 Å². The van der Waals surface area contributed by atoms with Crippen LogP contribution in [0.25, 0.3) is 0 Å². The summed E-state index contributed by atoms with van der Waals surface area (Å²) in [6, 6.07) is 6.96. The molecule has 2 unspecified atom stereocenters. The average Bonchev–Trinajstić information content (AvgIpc) is 2.40. The van der Waals surface area contributed by atoms with Crippen molar-refractivity contribution >= 4 is 0 Å². The summed E-state index contributed by atoms with van der Waals surface area (Å²) in [5, 5.41) is 19.9. The standard InChI is InChI=1S/C13H14N2O2/c16-12(10-1-5-14-6-2-10)9-13(17)11-3-7-15-8-4-11/h1-8,12-13,16-17H,9H2. The van der Waals surface area contributed by atoms with Crippen molar-refractivity contribution in [2.24, 2.45) is 0 Å². The Bertz CT molecular complexity index is 404. The highest BCUT2D eigenvalue weighted by atomic mass is 16.3. The molecule has 2 aromatic heterocycles. The molecule has 4 nitrogen and oxygen atoms in total. The molecule has 0 amide bonds. The second-order valence-corrected chi connectivity index (χ2v) is 3.83. The lowest BCUT2D eigenvalue weighted by Crippen LogP contribution is -2.05. The Labute approximate surface area is 99.6 Å². The molecule has 0 aliphatic heterocycles. The highest BCUT2D eigenvalue weighted by Gasteiger charge is 2.15. The number of aliphatic hydroxyl groups is 2. The minimum Gasteiger partial charge on any atom is -0.388 e. The van der Waals surface area contributed by atoms with Crippen LogP contribution in [0.4, 0.5) is 0 Å². The number of hydrogen-bond donors (Lipinski definition) is 2. The fourth-order valence-corrected chi connectivity index (χ4v) is 1.65. The summed E-state index contributed by atoms with van der Waals surface area (Å²) in [7, 11) is 0. The van der Waals surface area contributed by atoms with Crippen molar-refractivity contribution in [3.8, 4) is 0 Å². The Balaban J connectivity index is 2.02. The van der Waals surface area contributed by atoms with Crippen molar-refractivity contribution in [1.82, 2.24) is 9.97 Å². The van der Waals surface area contributed by atoms with Gasteiger partial charge in [0.05, 0.1) is 12.2 Å². The van der Waals surface area contributed by atoms with Crippen LogP contribution in [-0.4, -0.2) is 20.2 Å². The van der Waals surface area contributed by atoms with Crippen LogP contribution in [0.15, 0.2) is 49.1 Å². The van der Waals surface area contributed by atoms with E-state index in [4.69, 9.17) is 0 Å². The van der Waals surface area contributed by atoms with Crippen molar-refractivity contribution in [3.05, 3.63) is 60.2 Å². The topological polar surface area (TPSA) is 66.2 Å². The van der Waals surface area contributed by atoms with Crippen LogP contribution >= 0.6 is 0 Å². The van der Waals surface area contributed by atoms with Gasteiger partial charge in [0, 0.05) is 31.2 Å². The van der Waals surface area contributed by atoms with Crippen LogP contribution in [0.3, 0.4) is 0 Å². The van der Waals surface area contributed by atoms with E-state index >= 15 is 0 Å². The highest BCUT2D eigenvalue weighted by molar-refractivity contribution is 5.17. The molecule has 0 saturated carbocycles. The molecule has 0 saturated heterocycles. The van der Waals surface area contributed by atoms with Gasteiger partial charge in [0.15, 0.2) is 0 Å². The Kier molecular flexibility index (Phi) is 3.80. The van der Waals surface area contributed by atoms with E-state index in [-0.39, 0.29) is 6.42 Å². The molecule has 17 heavy (non-hydrogen) atoms. The number of rotatable bonds is 4. The van der Waals surface area contributed by atoms with Crippen LogP contribution < -0.4 is 0 Å². The average molecular weight is 230 g/mol. The minimum absolute atomic E-state index is 0.258. The predicted octanol–water partition coefficient (Wildman–Crippen LogP) is 1.63. The summed E-state index contributed by atoms with van der Waals surface area (Å²) < 4.78 is 0. The number of nitrogens with zero attached hydrogens (tertiary/aromatic N) is 2. The van der Waals surface area contributed by atoms with E-state index in [0.717, 1.165) is 11.1 Å². The normalized spacial score (nSPS) is 14.2. The maximum Gasteiger partial charge on any atom is 0.0819 e. The molecule has 0 aliphatic rings. The molecule has 0 radical (unpaired) electrons. The fraction of sp³-hybridized carbons (Fsp3) is 0.231. The second-order valence-electron chi connectivity index (χ2n) is 3.83. The molecule has 0 bridgehead atoms. The molecule has 0 spiro atoms. The Morgan fingerprint density at radius 1 is 0.765 bits per heavy atom. The quantitative estimate of drug-likeness (QED) is 0.837. The first-order chi connectivity index (χ1) is 8.27. The molecule has 88 valence electrons. The molecule has 0 aliphatic carbocycles. The first kappa shape index (κ1) is 11.7. The van der Waals surface area contributed by atoms with Gasteiger partial charge in [-0.2, -0.15) is 0 Å². The van der Waals surface area contributed by atoms with E-state index < -0.39 is 12.2 Å². The molecule has 2 aromatic rings. The van der Waals surface area contributed by atoms with Crippen LogP contribution in [0.5, 0.6) is 0 Å². The lowest BCUT2D eigenvalue weighted by molar-refractivity contribution is 0.0803. The number of aromatic nitrogens is 2. The van der Waals surface area contributed by atoms with E-state index in [2.05, 4.69) is 9.97 Å². The SMILES string of the molecule is OC(CC(O)c1ccncc1)c1ccncc1. The van der Waals surface area contributed by atoms with E-state index in [1.54, 1.807) is 49.1 Å². The van der Waals surface area contributed by atoms with Crippen LogP contribution in [0.2, 0.25) is 0 Å². The van der Waals surface area contributed by atoms with Crippen molar-refractivity contribution < 1.29 is 10.2 Å². The van der Waals surface area contributed by atoms with Crippen LogP contribution in [0.1, 0.15) is 29.8 Å². The molecule has 2 rings (SSSR count). The Morgan fingerprint density at radius 3 is 1.47 bits per heavy atom. The highest BCUT2D eigenvalue weighted by Crippen LogP contribution is 2.25. The Morgan fingerprint density at radius 2 is 1.12 bits per heavy atom. The molecule has 2 N–H and O–H groups in total. The summed E-state index contributed by atoms with van der Waals surface area (Å²) in [5.41, 5.74) is 1.52. The lowest BCUT2D eigenvalue weighted by atomic mass is 10.0. The monoisotopic (exact) mass is 230 g/mol. The zero-order valence-corrected chi connectivity index (χ0v) is 9.27. The summed E-state index contributed by atoms with van der Waals surface area (Å²) in [4.78, 5) is 7.77. The molecular formula is C13H14N2O2. The fourth-order valence-electron chi connectivity index (χ4n) is 1.65. The first-order valence-corrected chi connectivity index (χ1v) is 5.43. The molecule has 0 fully saturated rings. The van der Waals surface area contributed by atoms with Gasteiger partial charge in [-0.1, -0.05) is 0 Å². The van der Waals surface area contributed by atoms with Crippen LogP contribution in [-0.2, 0) is 0 Å². The maximum absolute atomic E-state index is 9.95. The zero-order valence-electron chi connectivity index (χ0n) is 9.27. The molecule has 4 heteroatoms. The maximum atomic E-state index is 9.95. The van der Waals surface area contributed by atoms with Gasteiger partial charge in [0.1, 0.15) is 0 Å². The summed E-state index contributed by atoms with van der Waals surface area (Å²) >= 11 is 0. The van der Waals surface area contributed by atoms with Gasteiger partial charge in [0.2, 0.25) is 0 Å². The van der Waals surface area contributed by atoms with Gasteiger partial charge >= 0.3 is 0 Å².